The first-order valence-electron chi connectivity index (χ1n) is 4.97. The van der Waals surface area contributed by atoms with Crippen LogP contribution in [-0.2, 0) is 10.2 Å². The van der Waals surface area contributed by atoms with Gasteiger partial charge in [-0.2, -0.15) is 12.7 Å². The second-order valence-electron chi connectivity index (χ2n) is 3.40. The monoisotopic (exact) mass is 240 g/mol. The molecule has 14 heavy (non-hydrogen) atoms. The largest absolute Gasteiger partial charge is 0.279 e. The van der Waals surface area contributed by atoms with Crippen LogP contribution >= 0.6 is 11.6 Å². The fourth-order valence-corrected chi connectivity index (χ4v) is 3.03. The normalized spacial score (nSPS) is 20.6. The highest BCUT2D eigenvalue weighted by atomic mass is 35.5. The van der Waals surface area contributed by atoms with Gasteiger partial charge < -0.3 is 0 Å². The van der Waals surface area contributed by atoms with Gasteiger partial charge in [-0.3, -0.25) is 0 Å². The summed E-state index contributed by atoms with van der Waals surface area (Å²) in [5, 5.41) is 0. The first kappa shape index (κ1) is 12.2. The number of rotatable bonds is 4. The zero-order valence-electron chi connectivity index (χ0n) is 8.21. The molecule has 84 valence electrons. The molecule has 1 heterocycles. The maximum Gasteiger partial charge on any atom is 0.279 e. The molecule has 1 aliphatic rings. The van der Waals surface area contributed by atoms with Crippen LogP contribution in [0.2, 0.25) is 0 Å². The predicted molar refractivity (Wildman–Crippen MR) is 57.7 cm³/mol. The van der Waals surface area contributed by atoms with E-state index in [4.69, 9.17) is 11.6 Å². The van der Waals surface area contributed by atoms with Crippen LogP contribution in [0.5, 0.6) is 0 Å². The minimum Gasteiger partial charge on any atom is -0.201 e. The van der Waals surface area contributed by atoms with Gasteiger partial charge in [-0.05, 0) is 12.8 Å². The first-order chi connectivity index (χ1) is 6.67. The quantitative estimate of drug-likeness (QED) is 0.744. The lowest BCUT2D eigenvalue weighted by Gasteiger charge is -2.19. The maximum atomic E-state index is 11.7. The van der Waals surface area contributed by atoms with Gasteiger partial charge in [0.25, 0.3) is 10.2 Å². The average molecular weight is 241 g/mol. The molecule has 0 amide bonds. The van der Waals surface area contributed by atoms with Gasteiger partial charge in [0, 0.05) is 25.5 Å². The standard InChI is InChI=1S/C8H17ClN2O2S/c9-5-6-10-14(12,13)11-7-3-1-2-4-8-11/h10H,1-8H2. The summed E-state index contributed by atoms with van der Waals surface area (Å²) in [6.07, 6.45) is 4.17. The Hall–Kier alpha value is 0.160. The summed E-state index contributed by atoms with van der Waals surface area (Å²) in [5.74, 6) is 0.313. The first-order valence-corrected chi connectivity index (χ1v) is 6.95. The summed E-state index contributed by atoms with van der Waals surface area (Å²) in [6, 6.07) is 0. The van der Waals surface area contributed by atoms with Gasteiger partial charge in [0.05, 0.1) is 0 Å². The van der Waals surface area contributed by atoms with Crippen molar-refractivity contribution in [1.82, 2.24) is 9.03 Å². The molecular formula is C8H17ClN2O2S. The van der Waals surface area contributed by atoms with Gasteiger partial charge >= 0.3 is 0 Å². The molecule has 1 saturated heterocycles. The van der Waals surface area contributed by atoms with Crippen LogP contribution in [0.15, 0.2) is 0 Å². The Morgan fingerprint density at radius 1 is 1.14 bits per heavy atom. The Morgan fingerprint density at radius 2 is 1.71 bits per heavy atom. The molecule has 1 fully saturated rings. The van der Waals surface area contributed by atoms with E-state index in [1.807, 2.05) is 0 Å². The van der Waals surface area contributed by atoms with Crippen LogP contribution < -0.4 is 4.72 Å². The number of nitrogens with zero attached hydrogens (tertiary/aromatic N) is 1. The van der Waals surface area contributed by atoms with Crippen molar-refractivity contribution < 1.29 is 8.42 Å². The molecule has 4 nitrogen and oxygen atoms in total. The van der Waals surface area contributed by atoms with Crippen molar-refractivity contribution in [2.75, 3.05) is 25.5 Å². The zero-order valence-corrected chi connectivity index (χ0v) is 9.78. The molecule has 0 aromatic carbocycles. The van der Waals surface area contributed by atoms with E-state index in [1.165, 1.54) is 4.31 Å². The third kappa shape index (κ3) is 3.73. The Morgan fingerprint density at radius 3 is 2.21 bits per heavy atom. The van der Waals surface area contributed by atoms with Crippen LogP contribution in [0.4, 0.5) is 0 Å². The fraction of sp³-hybridized carbons (Fsp3) is 1.00. The molecule has 1 aliphatic heterocycles. The lowest BCUT2D eigenvalue weighted by molar-refractivity contribution is 0.416. The van der Waals surface area contributed by atoms with Crippen molar-refractivity contribution in [3.05, 3.63) is 0 Å². The molecule has 0 atom stereocenters. The van der Waals surface area contributed by atoms with Gasteiger partial charge in [0.15, 0.2) is 0 Å². The molecule has 6 heteroatoms. The summed E-state index contributed by atoms with van der Waals surface area (Å²) in [6.45, 7) is 1.58. The Balaban J connectivity index is 2.51. The highest BCUT2D eigenvalue weighted by Crippen LogP contribution is 2.11. The maximum absolute atomic E-state index is 11.7. The predicted octanol–water partition coefficient (Wildman–Crippen LogP) is 0.936. The number of alkyl halides is 1. The third-order valence-electron chi connectivity index (χ3n) is 2.28. The highest BCUT2D eigenvalue weighted by Gasteiger charge is 2.21. The van der Waals surface area contributed by atoms with Crippen molar-refractivity contribution in [2.24, 2.45) is 0 Å². The molecule has 1 rings (SSSR count). The van der Waals surface area contributed by atoms with Crippen LogP contribution in [0.25, 0.3) is 0 Å². The van der Waals surface area contributed by atoms with Crippen LogP contribution in [0, 0.1) is 0 Å². The van der Waals surface area contributed by atoms with Gasteiger partial charge in [0.2, 0.25) is 0 Å². The number of halogens is 1. The van der Waals surface area contributed by atoms with Crippen molar-refractivity contribution in [3.8, 4) is 0 Å². The summed E-state index contributed by atoms with van der Waals surface area (Å²) in [5.41, 5.74) is 0. The number of hydrogen-bond donors (Lipinski definition) is 1. The summed E-state index contributed by atoms with van der Waals surface area (Å²) in [4.78, 5) is 0. The van der Waals surface area contributed by atoms with E-state index in [2.05, 4.69) is 4.72 Å². The molecule has 0 aromatic rings. The van der Waals surface area contributed by atoms with Gasteiger partial charge in [-0.1, -0.05) is 12.8 Å². The Kier molecular flexibility index (Phi) is 5.15. The topological polar surface area (TPSA) is 49.4 Å². The summed E-state index contributed by atoms with van der Waals surface area (Å²) < 4.78 is 27.3. The molecule has 0 aromatic heterocycles. The van der Waals surface area contributed by atoms with E-state index in [1.54, 1.807) is 0 Å². The highest BCUT2D eigenvalue weighted by molar-refractivity contribution is 7.87. The Labute approximate surface area is 90.8 Å². The number of hydrogen-bond acceptors (Lipinski definition) is 2. The second-order valence-corrected chi connectivity index (χ2v) is 5.53. The van der Waals surface area contributed by atoms with Crippen LogP contribution in [0.3, 0.4) is 0 Å². The van der Waals surface area contributed by atoms with Gasteiger partial charge in [-0.25, -0.2) is 4.72 Å². The molecule has 0 saturated carbocycles. The second kappa shape index (κ2) is 5.90. The molecule has 1 N–H and O–H groups in total. The molecule has 0 bridgehead atoms. The molecule has 0 spiro atoms. The minimum absolute atomic E-state index is 0.306. The van der Waals surface area contributed by atoms with Crippen molar-refractivity contribution in [1.29, 1.82) is 0 Å². The molecular weight excluding hydrogens is 224 g/mol. The van der Waals surface area contributed by atoms with E-state index >= 15 is 0 Å². The molecule has 0 unspecified atom stereocenters. The lowest BCUT2D eigenvalue weighted by atomic mass is 10.2. The SMILES string of the molecule is O=S(=O)(NCCCl)N1CCCCCC1. The fourth-order valence-electron chi connectivity index (χ4n) is 1.54. The molecule has 0 aliphatic carbocycles. The Bertz CT molecular complexity index is 248. The average Bonchev–Trinajstić information content (AvgIpc) is 2.43. The summed E-state index contributed by atoms with van der Waals surface area (Å²) in [7, 11) is -3.27. The smallest absolute Gasteiger partial charge is 0.201 e. The van der Waals surface area contributed by atoms with Gasteiger partial charge in [-0.15, -0.1) is 11.6 Å². The van der Waals surface area contributed by atoms with Crippen LogP contribution in [0.1, 0.15) is 25.7 Å². The van der Waals surface area contributed by atoms with E-state index in [-0.39, 0.29) is 0 Å². The van der Waals surface area contributed by atoms with Gasteiger partial charge in [0.1, 0.15) is 0 Å². The number of nitrogens with one attached hydrogen (secondary N) is 1. The van der Waals surface area contributed by atoms with Crippen LogP contribution in [-0.4, -0.2) is 38.2 Å². The van der Waals surface area contributed by atoms with E-state index in [0.29, 0.717) is 25.5 Å². The molecule has 0 radical (unpaired) electrons. The van der Waals surface area contributed by atoms with E-state index in [0.717, 1.165) is 25.7 Å². The third-order valence-corrected chi connectivity index (χ3v) is 4.09. The van der Waals surface area contributed by atoms with E-state index < -0.39 is 10.2 Å². The zero-order chi connectivity index (χ0) is 10.4. The van der Waals surface area contributed by atoms with E-state index in [9.17, 15) is 8.42 Å². The minimum atomic E-state index is -3.27. The van der Waals surface area contributed by atoms with Crippen molar-refractivity contribution in [2.45, 2.75) is 25.7 Å². The summed E-state index contributed by atoms with van der Waals surface area (Å²) >= 11 is 5.43. The van der Waals surface area contributed by atoms with Crippen molar-refractivity contribution >= 4 is 21.8 Å². The lowest BCUT2D eigenvalue weighted by Crippen LogP contribution is -2.41. The van der Waals surface area contributed by atoms with Crippen molar-refractivity contribution in [3.63, 3.8) is 0 Å².